The summed E-state index contributed by atoms with van der Waals surface area (Å²) in [6.07, 6.45) is -4.70. The van der Waals surface area contributed by atoms with Gasteiger partial charge in [0.05, 0.1) is 5.92 Å². The molecule has 3 nitrogen and oxygen atoms in total. The highest BCUT2D eigenvalue weighted by Gasteiger charge is 2.29. The van der Waals surface area contributed by atoms with Gasteiger partial charge in [0, 0.05) is 12.5 Å². The Kier molecular flexibility index (Phi) is 6.14. The van der Waals surface area contributed by atoms with E-state index in [0.29, 0.717) is 5.56 Å². The third-order valence-electron chi connectivity index (χ3n) is 2.81. The molecule has 0 aliphatic rings. The zero-order chi connectivity index (χ0) is 15.9. The molecule has 1 unspecified atom stereocenters. The lowest BCUT2D eigenvalue weighted by Crippen LogP contribution is -2.19. The van der Waals surface area contributed by atoms with Crippen molar-refractivity contribution in [2.45, 2.75) is 31.4 Å². The van der Waals surface area contributed by atoms with Crippen LogP contribution in [0.15, 0.2) is 43.0 Å². The van der Waals surface area contributed by atoms with Crippen LogP contribution < -0.4 is 0 Å². The van der Waals surface area contributed by atoms with E-state index in [4.69, 9.17) is 0 Å². The molecule has 114 valence electrons. The number of halogens is 3. The second-order valence-electron chi connectivity index (χ2n) is 4.41. The van der Waals surface area contributed by atoms with Gasteiger partial charge in [-0.25, -0.2) is 4.79 Å². The van der Waals surface area contributed by atoms with Gasteiger partial charge in [-0.1, -0.05) is 36.9 Å². The lowest BCUT2D eigenvalue weighted by atomic mass is 9.93. The third-order valence-corrected chi connectivity index (χ3v) is 2.81. The number of carbonyl (C=O) groups is 2. The Balaban J connectivity index is 2.78. The summed E-state index contributed by atoms with van der Waals surface area (Å²) in [5.74, 6) is -2.69. The second kappa shape index (κ2) is 7.61. The number of hydrogen-bond acceptors (Lipinski definition) is 3. The predicted octanol–water partition coefficient (Wildman–Crippen LogP) is 3.76. The van der Waals surface area contributed by atoms with Crippen LogP contribution in [0.2, 0.25) is 0 Å². The van der Waals surface area contributed by atoms with Crippen molar-refractivity contribution in [1.82, 2.24) is 0 Å². The van der Waals surface area contributed by atoms with Crippen molar-refractivity contribution in [3.8, 4) is 0 Å². The molecule has 0 spiro atoms. The van der Waals surface area contributed by atoms with E-state index >= 15 is 0 Å². The summed E-state index contributed by atoms with van der Waals surface area (Å²) in [7, 11) is 0. The molecule has 21 heavy (non-hydrogen) atoms. The second-order valence-corrected chi connectivity index (χ2v) is 4.41. The van der Waals surface area contributed by atoms with Gasteiger partial charge < -0.3 is 4.74 Å². The van der Waals surface area contributed by atoms with Crippen molar-refractivity contribution in [3.05, 3.63) is 48.6 Å². The molecule has 0 saturated heterocycles. The molecule has 1 atom stereocenters. The lowest BCUT2D eigenvalue weighted by Gasteiger charge is -2.15. The van der Waals surface area contributed by atoms with Gasteiger partial charge in [0.15, 0.2) is 0 Å². The van der Waals surface area contributed by atoms with Crippen LogP contribution >= 0.6 is 0 Å². The fraction of sp³-hybridized carbons (Fsp3) is 0.333. The standard InChI is InChI=1S/C15H15F3O3/c1-2-13(19)21-14(20)12(9-6-10-15(16,17)18)11-7-4-3-5-8-11/h2-5,7-8,12H,1,6,9-10H2. The maximum Gasteiger partial charge on any atom is 0.389 e. The Hall–Kier alpha value is -2.11. The Labute approximate surface area is 120 Å². The summed E-state index contributed by atoms with van der Waals surface area (Å²) < 4.78 is 41.1. The minimum atomic E-state index is -4.28. The molecule has 0 fully saturated rings. The Morgan fingerprint density at radius 2 is 1.86 bits per heavy atom. The average Bonchev–Trinajstić information content (AvgIpc) is 2.43. The minimum absolute atomic E-state index is 0.0488. The van der Waals surface area contributed by atoms with Crippen LogP contribution in [-0.4, -0.2) is 18.1 Å². The van der Waals surface area contributed by atoms with E-state index in [1.165, 1.54) is 0 Å². The molecule has 0 aliphatic carbocycles. The van der Waals surface area contributed by atoms with Crippen molar-refractivity contribution in [1.29, 1.82) is 0 Å². The normalized spacial score (nSPS) is 12.5. The first-order valence-electron chi connectivity index (χ1n) is 6.33. The van der Waals surface area contributed by atoms with Crippen LogP contribution in [0.3, 0.4) is 0 Å². The van der Waals surface area contributed by atoms with Gasteiger partial charge in [-0.3, -0.25) is 4.79 Å². The van der Waals surface area contributed by atoms with Crippen LogP contribution in [0, 0.1) is 0 Å². The van der Waals surface area contributed by atoms with Crippen LogP contribution in [0.25, 0.3) is 0 Å². The molecule has 0 radical (unpaired) electrons. The van der Waals surface area contributed by atoms with Gasteiger partial charge >= 0.3 is 18.1 Å². The Morgan fingerprint density at radius 3 is 2.38 bits per heavy atom. The highest BCUT2D eigenvalue weighted by Crippen LogP contribution is 2.28. The number of benzene rings is 1. The van der Waals surface area contributed by atoms with Crippen molar-refractivity contribution < 1.29 is 27.5 Å². The highest BCUT2D eigenvalue weighted by molar-refractivity contribution is 5.94. The molecule has 1 aromatic carbocycles. The van der Waals surface area contributed by atoms with Gasteiger partial charge in [-0.05, 0) is 18.4 Å². The first-order valence-corrected chi connectivity index (χ1v) is 6.33. The zero-order valence-electron chi connectivity index (χ0n) is 11.2. The molecule has 0 aliphatic heterocycles. The number of carbonyl (C=O) groups excluding carboxylic acids is 2. The van der Waals surface area contributed by atoms with Crippen molar-refractivity contribution >= 4 is 11.9 Å². The van der Waals surface area contributed by atoms with Gasteiger partial charge in [0.25, 0.3) is 0 Å². The average molecular weight is 300 g/mol. The summed E-state index contributed by atoms with van der Waals surface area (Å²) >= 11 is 0. The SMILES string of the molecule is C=CC(=O)OC(=O)C(CCCC(F)(F)F)c1ccccc1. The van der Waals surface area contributed by atoms with E-state index in [9.17, 15) is 22.8 Å². The molecule has 0 saturated carbocycles. The largest absolute Gasteiger partial charge is 0.389 e. The molecule has 0 heterocycles. The summed E-state index contributed by atoms with van der Waals surface area (Å²) in [4.78, 5) is 22.9. The van der Waals surface area contributed by atoms with E-state index in [-0.39, 0.29) is 12.8 Å². The zero-order valence-corrected chi connectivity index (χ0v) is 11.2. The summed E-state index contributed by atoms with van der Waals surface area (Å²) in [5, 5.41) is 0. The quantitative estimate of drug-likeness (QED) is 0.456. The molecule has 0 bridgehead atoms. The lowest BCUT2D eigenvalue weighted by molar-refractivity contribution is -0.158. The predicted molar refractivity (Wildman–Crippen MR) is 70.4 cm³/mol. The van der Waals surface area contributed by atoms with Crippen LogP contribution in [0.4, 0.5) is 13.2 Å². The molecule has 1 aromatic rings. The number of rotatable bonds is 6. The van der Waals surface area contributed by atoms with Gasteiger partial charge in [0.1, 0.15) is 0 Å². The van der Waals surface area contributed by atoms with Crippen LogP contribution in [0.1, 0.15) is 30.7 Å². The molecule has 0 N–H and O–H groups in total. The first-order chi connectivity index (χ1) is 9.83. The number of hydrogen-bond donors (Lipinski definition) is 0. The number of esters is 2. The topological polar surface area (TPSA) is 43.4 Å². The van der Waals surface area contributed by atoms with Gasteiger partial charge in [-0.2, -0.15) is 13.2 Å². The summed E-state index contributed by atoms with van der Waals surface area (Å²) in [6, 6.07) is 8.26. The van der Waals surface area contributed by atoms with Crippen LogP contribution in [-0.2, 0) is 14.3 Å². The minimum Gasteiger partial charge on any atom is -0.389 e. The van der Waals surface area contributed by atoms with Crippen molar-refractivity contribution in [2.75, 3.05) is 0 Å². The Bertz CT molecular complexity index is 495. The van der Waals surface area contributed by atoms with Gasteiger partial charge in [0.2, 0.25) is 0 Å². The van der Waals surface area contributed by atoms with Gasteiger partial charge in [-0.15, -0.1) is 0 Å². The van der Waals surface area contributed by atoms with E-state index in [1.807, 2.05) is 0 Å². The fourth-order valence-corrected chi connectivity index (χ4v) is 1.82. The number of ether oxygens (including phenoxy) is 1. The Morgan fingerprint density at radius 1 is 1.24 bits per heavy atom. The molecular weight excluding hydrogens is 285 g/mol. The first kappa shape index (κ1) is 16.9. The van der Waals surface area contributed by atoms with E-state index in [1.54, 1.807) is 30.3 Å². The maximum atomic E-state index is 12.2. The molecule has 6 heteroatoms. The summed E-state index contributed by atoms with van der Waals surface area (Å²) in [6.45, 7) is 3.16. The number of alkyl halides is 3. The van der Waals surface area contributed by atoms with Crippen molar-refractivity contribution in [2.24, 2.45) is 0 Å². The molecule has 0 amide bonds. The molecule has 0 aromatic heterocycles. The molecule has 1 rings (SSSR count). The third kappa shape index (κ3) is 6.25. The van der Waals surface area contributed by atoms with E-state index in [2.05, 4.69) is 11.3 Å². The summed E-state index contributed by atoms with van der Waals surface area (Å²) in [5.41, 5.74) is 0.515. The smallest absolute Gasteiger partial charge is 0.389 e. The van der Waals surface area contributed by atoms with E-state index in [0.717, 1.165) is 6.08 Å². The molecular formula is C15H15F3O3. The van der Waals surface area contributed by atoms with Crippen molar-refractivity contribution in [3.63, 3.8) is 0 Å². The highest BCUT2D eigenvalue weighted by atomic mass is 19.4. The maximum absolute atomic E-state index is 12.2. The fourth-order valence-electron chi connectivity index (χ4n) is 1.82. The monoisotopic (exact) mass is 300 g/mol. The van der Waals surface area contributed by atoms with Crippen LogP contribution in [0.5, 0.6) is 0 Å². The van der Waals surface area contributed by atoms with E-state index < -0.39 is 30.5 Å².